The van der Waals surface area contributed by atoms with Gasteiger partial charge < -0.3 is 0 Å². The molecule has 0 N–H and O–H groups in total. The van der Waals surface area contributed by atoms with Gasteiger partial charge in [-0.05, 0) is 42.4 Å². The number of rotatable bonds is 3. The molecule has 1 aromatic rings. The summed E-state index contributed by atoms with van der Waals surface area (Å²) >= 11 is 6.27. The summed E-state index contributed by atoms with van der Waals surface area (Å²) < 4.78 is 0. The fourth-order valence-corrected chi connectivity index (χ4v) is 2.76. The Morgan fingerprint density at radius 3 is 2.65 bits per heavy atom. The van der Waals surface area contributed by atoms with Crippen LogP contribution in [0.15, 0.2) is 30.3 Å². The third-order valence-electron chi connectivity index (χ3n) is 3.42. The lowest BCUT2D eigenvalue weighted by Crippen LogP contribution is -1.92. The second kappa shape index (κ2) is 6.26. The van der Waals surface area contributed by atoms with Crippen LogP contribution in [0.4, 0.5) is 0 Å². The first-order chi connectivity index (χ1) is 8.29. The molecule has 0 saturated heterocycles. The molecule has 0 amide bonds. The van der Waals surface area contributed by atoms with Crippen LogP contribution in [-0.2, 0) is 6.42 Å². The second-order valence-electron chi connectivity index (χ2n) is 4.90. The van der Waals surface area contributed by atoms with Gasteiger partial charge in [-0.2, -0.15) is 0 Å². The summed E-state index contributed by atoms with van der Waals surface area (Å²) in [5, 5.41) is 0.225. The zero-order chi connectivity index (χ0) is 12.1. The maximum Gasteiger partial charge on any atom is 0.0521 e. The van der Waals surface area contributed by atoms with E-state index in [1.165, 1.54) is 48.8 Å². The number of benzene rings is 1. The number of hydrogen-bond donors (Lipinski definition) is 0. The van der Waals surface area contributed by atoms with E-state index >= 15 is 0 Å². The van der Waals surface area contributed by atoms with Crippen molar-refractivity contribution in [1.82, 2.24) is 0 Å². The topological polar surface area (TPSA) is 0 Å². The van der Waals surface area contributed by atoms with Crippen LogP contribution in [0.25, 0.3) is 5.57 Å². The molecule has 0 heterocycles. The standard InChI is InChI=1S/C16H21Cl/c1-2-5-13-8-10-14(11-9-13)15-6-3-4-7-16(17)12-15/h8-12,16H,2-7H2,1H3. The Kier molecular flexibility index (Phi) is 4.67. The minimum absolute atomic E-state index is 0.225. The van der Waals surface area contributed by atoms with E-state index in [0.29, 0.717) is 0 Å². The molecule has 0 nitrogen and oxygen atoms in total. The lowest BCUT2D eigenvalue weighted by atomic mass is 9.99. The summed E-state index contributed by atoms with van der Waals surface area (Å²) in [5.74, 6) is 0. The van der Waals surface area contributed by atoms with E-state index < -0.39 is 0 Å². The summed E-state index contributed by atoms with van der Waals surface area (Å²) in [6.45, 7) is 2.22. The quantitative estimate of drug-likeness (QED) is 0.645. The Bertz CT molecular complexity index is 375. The van der Waals surface area contributed by atoms with Crippen molar-refractivity contribution < 1.29 is 0 Å². The smallest absolute Gasteiger partial charge is 0.0521 e. The summed E-state index contributed by atoms with van der Waals surface area (Å²) in [7, 11) is 0. The molecule has 1 aliphatic carbocycles. The molecule has 0 saturated carbocycles. The van der Waals surface area contributed by atoms with Crippen LogP contribution in [0.1, 0.15) is 50.2 Å². The van der Waals surface area contributed by atoms with Crippen LogP contribution in [-0.4, -0.2) is 5.38 Å². The normalized spacial score (nSPS) is 20.8. The fraction of sp³-hybridized carbons (Fsp3) is 0.500. The first-order valence-electron chi connectivity index (χ1n) is 6.73. The SMILES string of the molecule is CCCc1ccc(C2=CC(Cl)CCCC2)cc1. The summed E-state index contributed by atoms with van der Waals surface area (Å²) in [4.78, 5) is 0. The van der Waals surface area contributed by atoms with E-state index in [-0.39, 0.29) is 5.38 Å². The van der Waals surface area contributed by atoms with Crippen molar-refractivity contribution in [2.24, 2.45) is 0 Å². The Balaban J connectivity index is 2.15. The fourth-order valence-electron chi connectivity index (χ4n) is 2.45. The molecule has 0 aliphatic heterocycles. The molecule has 1 aliphatic rings. The van der Waals surface area contributed by atoms with Crippen LogP contribution >= 0.6 is 11.6 Å². The molecule has 1 unspecified atom stereocenters. The van der Waals surface area contributed by atoms with Gasteiger partial charge in [0.2, 0.25) is 0 Å². The second-order valence-corrected chi connectivity index (χ2v) is 5.46. The molecule has 2 rings (SSSR count). The van der Waals surface area contributed by atoms with Gasteiger partial charge in [0.1, 0.15) is 0 Å². The number of halogens is 1. The molecule has 0 fully saturated rings. The van der Waals surface area contributed by atoms with Gasteiger partial charge in [0.15, 0.2) is 0 Å². The van der Waals surface area contributed by atoms with E-state index in [9.17, 15) is 0 Å². The van der Waals surface area contributed by atoms with Crippen molar-refractivity contribution in [3.63, 3.8) is 0 Å². The Labute approximate surface area is 110 Å². The first-order valence-corrected chi connectivity index (χ1v) is 7.17. The number of allylic oxidation sites excluding steroid dienone is 2. The van der Waals surface area contributed by atoms with Crippen molar-refractivity contribution in [2.75, 3.05) is 0 Å². The van der Waals surface area contributed by atoms with Crippen LogP contribution in [0.2, 0.25) is 0 Å². The highest BCUT2D eigenvalue weighted by Crippen LogP contribution is 2.28. The Morgan fingerprint density at radius 2 is 1.94 bits per heavy atom. The predicted octanol–water partition coefficient (Wildman–Crippen LogP) is 5.20. The average molecular weight is 249 g/mol. The van der Waals surface area contributed by atoms with E-state index in [0.717, 1.165) is 6.42 Å². The maximum atomic E-state index is 6.27. The largest absolute Gasteiger partial charge is 0.118 e. The zero-order valence-electron chi connectivity index (χ0n) is 10.6. The molecule has 0 bridgehead atoms. The van der Waals surface area contributed by atoms with E-state index in [1.54, 1.807) is 0 Å². The Morgan fingerprint density at radius 1 is 1.18 bits per heavy atom. The molecule has 1 atom stereocenters. The summed E-state index contributed by atoms with van der Waals surface area (Å²) in [6.07, 6.45) is 9.47. The lowest BCUT2D eigenvalue weighted by molar-refractivity contribution is 0.724. The predicted molar refractivity (Wildman–Crippen MR) is 76.5 cm³/mol. The van der Waals surface area contributed by atoms with Gasteiger partial charge in [-0.1, -0.05) is 50.1 Å². The van der Waals surface area contributed by atoms with Gasteiger partial charge in [-0.15, -0.1) is 11.6 Å². The van der Waals surface area contributed by atoms with Gasteiger partial charge in [-0.3, -0.25) is 0 Å². The van der Waals surface area contributed by atoms with Crippen LogP contribution < -0.4 is 0 Å². The lowest BCUT2D eigenvalue weighted by Gasteiger charge is -2.07. The molecule has 1 aromatic carbocycles. The van der Waals surface area contributed by atoms with Gasteiger partial charge in [0.25, 0.3) is 0 Å². The highest BCUT2D eigenvalue weighted by molar-refractivity contribution is 6.22. The monoisotopic (exact) mass is 248 g/mol. The summed E-state index contributed by atoms with van der Waals surface area (Å²) in [5.41, 5.74) is 4.23. The van der Waals surface area contributed by atoms with E-state index in [1.807, 2.05) is 0 Å². The molecule has 17 heavy (non-hydrogen) atoms. The van der Waals surface area contributed by atoms with Crippen molar-refractivity contribution in [1.29, 1.82) is 0 Å². The molecule has 0 spiro atoms. The van der Waals surface area contributed by atoms with Gasteiger partial charge >= 0.3 is 0 Å². The third kappa shape index (κ3) is 3.61. The van der Waals surface area contributed by atoms with E-state index in [4.69, 9.17) is 11.6 Å². The maximum absolute atomic E-state index is 6.27. The van der Waals surface area contributed by atoms with Crippen LogP contribution in [0.3, 0.4) is 0 Å². The van der Waals surface area contributed by atoms with Crippen molar-refractivity contribution in [2.45, 2.75) is 50.8 Å². The van der Waals surface area contributed by atoms with Crippen LogP contribution in [0, 0.1) is 0 Å². The summed E-state index contributed by atoms with van der Waals surface area (Å²) in [6, 6.07) is 9.03. The number of alkyl halides is 1. The van der Waals surface area contributed by atoms with Gasteiger partial charge in [-0.25, -0.2) is 0 Å². The Hall–Kier alpha value is -0.750. The zero-order valence-corrected chi connectivity index (χ0v) is 11.3. The molecule has 0 aromatic heterocycles. The molecule has 0 radical (unpaired) electrons. The molecular weight excluding hydrogens is 228 g/mol. The van der Waals surface area contributed by atoms with Crippen molar-refractivity contribution in [3.05, 3.63) is 41.5 Å². The van der Waals surface area contributed by atoms with E-state index in [2.05, 4.69) is 37.3 Å². The minimum atomic E-state index is 0.225. The van der Waals surface area contributed by atoms with Gasteiger partial charge in [0, 0.05) is 0 Å². The van der Waals surface area contributed by atoms with Crippen molar-refractivity contribution in [3.8, 4) is 0 Å². The molecule has 1 heteroatoms. The van der Waals surface area contributed by atoms with Crippen LogP contribution in [0.5, 0.6) is 0 Å². The highest BCUT2D eigenvalue weighted by Gasteiger charge is 2.10. The average Bonchev–Trinajstić information content (AvgIpc) is 2.55. The molecule has 92 valence electrons. The highest BCUT2D eigenvalue weighted by atomic mass is 35.5. The molecular formula is C16H21Cl. The van der Waals surface area contributed by atoms with Crippen molar-refractivity contribution >= 4 is 17.2 Å². The van der Waals surface area contributed by atoms with Gasteiger partial charge in [0.05, 0.1) is 5.38 Å². The minimum Gasteiger partial charge on any atom is -0.118 e. The first kappa shape index (κ1) is 12.7. The third-order valence-corrected chi connectivity index (χ3v) is 3.77. The number of hydrogen-bond acceptors (Lipinski definition) is 0. The number of aryl methyl sites for hydroxylation is 1.